The van der Waals surface area contributed by atoms with Crippen molar-refractivity contribution in [2.45, 2.75) is 113 Å². The zero-order valence-electron chi connectivity index (χ0n) is 39.6. The standard InChI is InChI=1S/C31H27N2S.C23H34NSi.Ir/c1-19(2)22-11-9-12-23(20(3)4)30(22)33-27-14-7-6-13-26(27)32-31(33)21-16-17-29-25(18-21)24-10-5-8-15-28(24)34-29;1-22(2,3)15-18-14-20(24-16-21(18)25(7,8)9)17-11-10-12-19(13-17)23(4,5)6;/h5-15,17-20H,1-4H3;10,12-14,16H,15H2,1-9H3;/q2*-1;/i;15D2;. The smallest absolute Gasteiger partial charge is 0.0798 e. The van der Waals surface area contributed by atoms with E-state index < -0.39 is 19.9 Å². The quantitative estimate of drug-likeness (QED) is 0.118. The molecule has 0 amide bonds. The first-order valence-corrected chi connectivity index (χ1v) is 25.4. The summed E-state index contributed by atoms with van der Waals surface area (Å²) in [6.07, 6.45) is 0.472. The van der Waals surface area contributed by atoms with Gasteiger partial charge in [-0.3, -0.25) is 4.98 Å². The zero-order chi connectivity index (χ0) is 44.2. The van der Waals surface area contributed by atoms with E-state index in [2.05, 4.69) is 176 Å². The molecule has 0 unspecified atom stereocenters. The van der Waals surface area contributed by atoms with Crippen LogP contribution in [-0.2, 0) is 31.9 Å². The van der Waals surface area contributed by atoms with E-state index in [1.165, 1.54) is 42.6 Å². The van der Waals surface area contributed by atoms with Gasteiger partial charge in [0.1, 0.15) is 0 Å². The second kappa shape index (κ2) is 17.7. The zero-order valence-corrected chi connectivity index (χ0v) is 41.8. The van der Waals surface area contributed by atoms with Crippen molar-refractivity contribution < 1.29 is 22.8 Å². The topological polar surface area (TPSA) is 30.7 Å². The van der Waals surface area contributed by atoms with E-state index in [1.807, 2.05) is 50.4 Å². The third kappa shape index (κ3) is 9.63. The summed E-state index contributed by atoms with van der Waals surface area (Å²) in [5.41, 5.74) is 10.4. The molecule has 3 nitrogen and oxygen atoms in total. The van der Waals surface area contributed by atoms with Gasteiger partial charge in [-0.15, -0.1) is 59.2 Å². The van der Waals surface area contributed by atoms with E-state index in [-0.39, 0.29) is 25.5 Å². The average molecular weight is 1010 g/mol. The molecule has 0 fully saturated rings. The Bertz CT molecular complexity index is 2840. The van der Waals surface area contributed by atoms with E-state index in [0.717, 1.165) is 44.4 Å². The number of thiophene rings is 1. The summed E-state index contributed by atoms with van der Waals surface area (Å²) < 4.78 is 22.7. The predicted octanol–water partition coefficient (Wildman–Crippen LogP) is 15.1. The summed E-state index contributed by atoms with van der Waals surface area (Å²) in [7, 11) is -1.74. The number of hydrogen-bond donors (Lipinski definition) is 0. The van der Waals surface area contributed by atoms with Crippen LogP contribution in [0.25, 0.3) is 59.5 Å². The maximum atomic E-state index is 8.89. The Morgan fingerprint density at radius 2 is 1.42 bits per heavy atom. The van der Waals surface area contributed by atoms with Crippen LogP contribution in [0.15, 0.2) is 109 Å². The molecule has 1 radical (unpaired) electrons. The number of para-hydroxylation sites is 3. The minimum absolute atomic E-state index is 0. The van der Waals surface area contributed by atoms with Gasteiger partial charge in [0.05, 0.1) is 24.9 Å². The molecular formula is C54H61IrN3SSi-2. The second-order valence-corrected chi connectivity index (χ2v) is 25.7. The number of benzene rings is 5. The minimum Gasteiger partial charge on any atom is -0.333 e. The fourth-order valence-electron chi connectivity index (χ4n) is 7.79. The molecule has 0 aliphatic carbocycles. The summed E-state index contributed by atoms with van der Waals surface area (Å²) in [5, 5.41) is 3.66. The van der Waals surface area contributed by atoms with Crippen LogP contribution in [0.2, 0.25) is 19.6 Å². The molecule has 8 rings (SSSR count). The maximum absolute atomic E-state index is 8.89. The van der Waals surface area contributed by atoms with Crippen LogP contribution >= 0.6 is 11.3 Å². The molecule has 3 aromatic heterocycles. The number of rotatable bonds is 7. The molecule has 0 aliphatic rings. The third-order valence-corrected chi connectivity index (χ3v) is 14.0. The van der Waals surface area contributed by atoms with Crippen molar-refractivity contribution in [1.82, 2.24) is 14.5 Å². The normalized spacial score (nSPS) is 13.1. The molecule has 6 heteroatoms. The molecule has 5 aromatic carbocycles. The van der Waals surface area contributed by atoms with Crippen molar-refractivity contribution in [3.63, 3.8) is 0 Å². The van der Waals surface area contributed by atoms with Gasteiger partial charge < -0.3 is 9.55 Å². The molecule has 0 atom stereocenters. The summed E-state index contributed by atoms with van der Waals surface area (Å²) in [5.74, 6) is 1.75. The molecule has 3 heterocycles. The minimum atomic E-state index is -1.74. The molecular weight excluding hydrogens is 943 g/mol. The number of pyridine rings is 1. The average Bonchev–Trinajstić information content (AvgIpc) is 3.78. The summed E-state index contributed by atoms with van der Waals surface area (Å²) in [6, 6.07) is 43.3. The summed E-state index contributed by atoms with van der Waals surface area (Å²) in [4.78, 5) is 9.90. The Morgan fingerprint density at radius 3 is 2.07 bits per heavy atom. The number of imidazole rings is 1. The molecule has 0 aliphatic heterocycles. The number of aromatic nitrogens is 3. The van der Waals surface area contributed by atoms with Crippen LogP contribution in [0, 0.1) is 17.5 Å². The summed E-state index contributed by atoms with van der Waals surface area (Å²) >= 11 is 1.83. The first-order valence-electron chi connectivity index (χ1n) is 22.1. The van der Waals surface area contributed by atoms with Gasteiger partial charge in [-0.05, 0) is 79.3 Å². The maximum Gasteiger partial charge on any atom is 0.0798 e. The van der Waals surface area contributed by atoms with E-state index in [1.54, 1.807) is 0 Å². The number of hydrogen-bond acceptors (Lipinski definition) is 3. The van der Waals surface area contributed by atoms with Gasteiger partial charge in [-0.1, -0.05) is 154 Å². The second-order valence-electron chi connectivity index (χ2n) is 19.6. The van der Waals surface area contributed by atoms with Gasteiger partial charge >= 0.3 is 0 Å². The van der Waals surface area contributed by atoms with Crippen molar-refractivity contribution in [3.05, 3.63) is 144 Å². The van der Waals surface area contributed by atoms with E-state index in [4.69, 9.17) is 12.7 Å². The largest absolute Gasteiger partial charge is 0.333 e. The molecule has 0 saturated carbocycles. The fourth-order valence-corrected chi connectivity index (χ4v) is 10.3. The fraction of sp³-hybridized carbons (Fsp3) is 0.333. The van der Waals surface area contributed by atoms with Gasteiger partial charge in [0.2, 0.25) is 0 Å². The van der Waals surface area contributed by atoms with Gasteiger partial charge in [0, 0.05) is 39.4 Å². The molecule has 0 N–H and O–H groups in total. The van der Waals surface area contributed by atoms with Crippen LogP contribution in [0.3, 0.4) is 0 Å². The Kier molecular flexibility index (Phi) is 12.5. The molecule has 0 bridgehead atoms. The molecule has 0 saturated heterocycles. The van der Waals surface area contributed by atoms with Crippen molar-refractivity contribution in [3.8, 4) is 28.3 Å². The van der Waals surface area contributed by atoms with Gasteiger partial charge in [-0.2, -0.15) is 11.3 Å². The first kappa shape index (κ1) is 42.5. The Labute approximate surface area is 380 Å². The van der Waals surface area contributed by atoms with Crippen molar-refractivity contribution in [2.24, 2.45) is 5.41 Å². The van der Waals surface area contributed by atoms with Crippen LogP contribution in [-0.4, -0.2) is 22.6 Å². The van der Waals surface area contributed by atoms with Crippen LogP contribution in [0.1, 0.15) is 106 Å². The Morgan fingerprint density at radius 1 is 0.750 bits per heavy atom. The SMILES string of the molecule is CC(C)c1cccc(C(C)C)c1-n1c(-c2[c-]cc3sc4ccccc4c3c2)nc2ccccc21.[2H]C([2H])(c1cc(-c2[c-]ccc(C(C)(C)C)c2)ncc1[Si](C)(C)C)C(C)(C)C.[Ir]. The van der Waals surface area contributed by atoms with Crippen molar-refractivity contribution in [2.75, 3.05) is 0 Å². The van der Waals surface area contributed by atoms with Crippen LogP contribution in [0.5, 0.6) is 0 Å². The van der Waals surface area contributed by atoms with Crippen molar-refractivity contribution in [1.29, 1.82) is 0 Å². The van der Waals surface area contributed by atoms with Crippen LogP contribution < -0.4 is 5.19 Å². The van der Waals surface area contributed by atoms with Gasteiger partial charge in [0.15, 0.2) is 0 Å². The number of fused-ring (bicyclic) bond motifs is 4. The van der Waals surface area contributed by atoms with Gasteiger partial charge in [-0.25, -0.2) is 0 Å². The number of nitrogens with zero attached hydrogens (tertiary/aromatic N) is 3. The first-order chi connectivity index (χ1) is 28.6. The Balaban J connectivity index is 0.000000210. The summed E-state index contributed by atoms with van der Waals surface area (Å²) in [6.45, 7) is 28.3. The van der Waals surface area contributed by atoms with E-state index in [9.17, 15) is 0 Å². The molecule has 60 heavy (non-hydrogen) atoms. The predicted molar refractivity (Wildman–Crippen MR) is 260 cm³/mol. The van der Waals surface area contributed by atoms with E-state index in [0.29, 0.717) is 11.8 Å². The molecule has 313 valence electrons. The van der Waals surface area contributed by atoms with Crippen molar-refractivity contribution >= 4 is 55.8 Å². The van der Waals surface area contributed by atoms with E-state index >= 15 is 0 Å². The van der Waals surface area contributed by atoms with Gasteiger partial charge in [0.25, 0.3) is 0 Å². The molecule has 0 spiro atoms. The van der Waals surface area contributed by atoms with Crippen LogP contribution in [0.4, 0.5) is 0 Å². The Hall–Kier alpha value is -4.19. The monoisotopic (exact) mass is 1010 g/mol. The third-order valence-electron chi connectivity index (χ3n) is 10.8. The molecule has 8 aromatic rings.